The maximum Gasteiger partial charge on any atom is 0.313 e. The van der Waals surface area contributed by atoms with Crippen LogP contribution in [0.3, 0.4) is 0 Å². The molecule has 1 unspecified atom stereocenters. The number of thioether (sulfide) groups is 1. The molecule has 0 aliphatic rings. The minimum atomic E-state index is -0.867. The van der Waals surface area contributed by atoms with Crippen molar-refractivity contribution in [3.05, 3.63) is 48.4 Å². The molecule has 5 nitrogen and oxygen atoms in total. The molecular weight excluding hydrogens is 278 g/mol. The number of carbonyl (C=O) groups is 1. The van der Waals surface area contributed by atoms with Gasteiger partial charge < -0.3 is 19.6 Å². The van der Waals surface area contributed by atoms with Crippen LogP contribution in [0.4, 0.5) is 5.69 Å². The van der Waals surface area contributed by atoms with Crippen molar-refractivity contribution < 1.29 is 19.1 Å². The van der Waals surface area contributed by atoms with E-state index in [0.717, 1.165) is 5.69 Å². The van der Waals surface area contributed by atoms with Crippen LogP contribution >= 0.6 is 11.8 Å². The van der Waals surface area contributed by atoms with Crippen molar-refractivity contribution in [1.29, 1.82) is 0 Å². The van der Waals surface area contributed by atoms with Gasteiger partial charge in [0, 0.05) is 0 Å². The Bertz CT molecular complexity index is 556. The van der Waals surface area contributed by atoms with Gasteiger partial charge in [0.2, 0.25) is 0 Å². The highest BCUT2D eigenvalue weighted by Crippen LogP contribution is 2.34. The van der Waals surface area contributed by atoms with E-state index < -0.39 is 5.97 Å². The molecule has 0 bridgehead atoms. The lowest BCUT2D eigenvalue weighted by Gasteiger charge is -2.18. The van der Waals surface area contributed by atoms with Crippen molar-refractivity contribution in [2.75, 3.05) is 18.2 Å². The fourth-order valence-electron chi connectivity index (χ4n) is 1.70. The first-order valence-electron chi connectivity index (χ1n) is 5.97. The minimum absolute atomic E-state index is 0.0203. The van der Waals surface area contributed by atoms with Gasteiger partial charge in [0.15, 0.2) is 0 Å². The van der Waals surface area contributed by atoms with Gasteiger partial charge >= 0.3 is 5.97 Å². The first-order valence-corrected chi connectivity index (χ1v) is 7.02. The summed E-state index contributed by atoms with van der Waals surface area (Å²) in [5.74, 6) is 0.476. The van der Waals surface area contributed by atoms with Crippen LogP contribution in [0.2, 0.25) is 0 Å². The molecular formula is C14H15NO4S. The van der Waals surface area contributed by atoms with Gasteiger partial charge in [-0.05, 0) is 24.3 Å². The third kappa shape index (κ3) is 3.71. The zero-order chi connectivity index (χ0) is 14.4. The molecule has 2 N–H and O–H groups in total. The molecule has 106 valence electrons. The van der Waals surface area contributed by atoms with E-state index in [1.54, 1.807) is 19.4 Å². The molecule has 0 spiro atoms. The number of anilines is 1. The van der Waals surface area contributed by atoms with E-state index in [2.05, 4.69) is 5.32 Å². The predicted octanol–water partition coefficient (Wildman–Crippen LogP) is 3.22. The van der Waals surface area contributed by atoms with Gasteiger partial charge in [-0.15, -0.1) is 11.8 Å². The largest absolute Gasteiger partial charge is 0.495 e. The third-order valence-corrected chi connectivity index (χ3v) is 3.67. The van der Waals surface area contributed by atoms with Gasteiger partial charge in [0.25, 0.3) is 0 Å². The molecule has 1 aromatic carbocycles. The first-order chi connectivity index (χ1) is 9.70. The molecule has 2 rings (SSSR count). The summed E-state index contributed by atoms with van der Waals surface area (Å²) in [5.41, 5.74) is 0.786. The lowest BCUT2D eigenvalue weighted by molar-refractivity contribution is -0.133. The number of aliphatic carboxylic acids is 1. The van der Waals surface area contributed by atoms with Gasteiger partial charge in [-0.1, -0.05) is 12.1 Å². The maximum atomic E-state index is 10.7. The Labute approximate surface area is 120 Å². The van der Waals surface area contributed by atoms with Crippen LogP contribution in [0.15, 0.2) is 47.1 Å². The summed E-state index contributed by atoms with van der Waals surface area (Å²) in [5, 5.41) is 11.8. The van der Waals surface area contributed by atoms with Crippen LogP contribution < -0.4 is 10.1 Å². The predicted molar refractivity (Wildman–Crippen MR) is 78.2 cm³/mol. The number of ether oxygens (including phenoxy) is 1. The van der Waals surface area contributed by atoms with Crippen LogP contribution in [-0.2, 0) is 4.79 Å². The highest BCUT2D eigenvalue weighted by atomic mass is 32.2. The Morgan fingerprint density at radius 1 is 1.40 bits per heavy atom. The summed E-state index contributed by atoms with van der Waals surface area (Å²) < 4.78 is 10.6. The Morgan fingerprint density at radius 2 is 2.20 bits per heavy atom. The summed E-state index contributed by atoms with van der Waals surface area (Å²) in [6, 6.07) is 11.0. The number of furan rings is 1. The van der Waals surface area contributed by atoms with Crippen LogP contribution in [-0.4, -0.2) is 23.9 Å². The summed E-state index contributed by atoms with van der Waals surface area (Å²) in [6.07, 6.45) is 1.56. The van der Waals surface area contributed by atoms with Crippen molar-refractivity contribution in [3.63, 3.8) is 0 Å². The van der Waals surface area contributed by atoms with Crippen LogP contribution in [0.25, 0.3) is 0 Å². The molecule has 0 saturated carbocycles. The Morgan fingerprint density at radius 3 is 2.85 bits per heavy atom. The number of carboxylic acid groups (broad SMARTS) is 1. The van der Waals surface area contributed by atoms with Crippen LogP contribution in [0.5, 0.6) is 5.75 Å². The number of hydrogen-bond donors (Lipinski definition) is 2. The highest BCUT2D eigenvalue weighted by molar-refractivity contribution is 8.00. The number of rotatable bonds is 7. The molecule has 20 heavy (non-hydrogen) atoms. The highest BCUT2D eigenvalue weighted by Gasteiger charge is 2.17. The SMILES string of the molecule is COc1ccccc1NC(SCC(=O)O)c1ccco1. The Kier molecular flexibility index (Phi) is 4.95. The van der Waals surface area contributed by atoms with E-state index in [1.807, 2.05) is 30.3 Å². The lowest BCUT2D eigenvalue weighted by Crippen LogP contribution is -2.10. The number of methoxy groups -OCH3 is 1. The average molecular weight is 293 g/mol. The van der Waals surface area contributed by atoms with Gasteiger partial charge in [-0.2, -0.15) is 0 Å². The van der Waals surface area contributed by atoms with Crippen molar-refractivity contribution in [2.45, 2.75) is 5.37 Å². The second-order valence-corrected chi connectivity index (χ2v) is 5.04. The van der Waals surface area contributed by atoms with E-state index in [9.17, 15) is 4.79 Å². The van der Waals surface area contributed by atoms with Gasteiger partial charge in [-0.25, -0.2) is 0 Å². The van der Waals surface area contributed by atoms with Crippen LogP contribution in [0.1, 0.15) is 11.1 Å². The molecule has 0 amide bonds. The second-order valence-electron chi connectivity index (χ2n) is 3.94. The fraction of sp³-hybridized carbons (Fsp3) is 0.214. The number of para-hydroxylation sites is 2. The van der Waals surface area contributed by atoms with Gasteiger partial charge in [-0.3, -0.25) is 4.79 Å². The van der Waals surface area contributed by atoms with Crippen molar-refractivity contribution in [2.24, 2.45) is 0 Å². The standard InChI is InChI=1S/C14H15NO4S/c1-18-11-6-3-2-5-10(11)15-14(20-9-13(16)17)12-7-4-8-19-12/h2-8,14-15H,9H2,1H3,(H,16,17). The van der Waals surface area contributed by atoms with Crippen molar-refractivity contribution in [1.82, 2.24) is 0 Å². The van der Waals surface area contributed by atoms with E-state index in [0.29, 0.717) is 11.5 Å². The number of benzene rings is 1. The summed E-state index contributed by atoms with van der Waals surface area (Å²) in [7, 11) is 1.59. The minimum Gasteiger partial charge on any atom is -0.495 e. The quantitative estimate of drug-likeness (QED) is 0.764. The average Bonchev–Trinajstić information content (AvgIpc) is 2.97. The summed E-state index contributed by atoms with van der Waals surface area (Å²) in [4.78, 5) is 10.7. The Hall–Kier alpha value is -2.08. The molecule has 2 aromatic rings. The lowest BCUT2D eigenvalue weighted by atomic mass is 10.3. The third-order valence-electron chi connectivity index (χ3n) is 2.57. The normalized spacial score (nSPS) is 11.8. The molecule has 0 fully saturated rings. The zero-order valence-electron chi connectivity index (χ0n) is 10.9. The number of nitrogens with one attached hydrogen (secondary N) is 1. The molecule has 0 radical (unpaired) electrons. The molecule has 6 heteroatoms. The molecule has 0 saturated heterocycles. The second kappa shape index (κ2) is 6.91. The number of hydrogen-bond acceptors (Lipinski definition) is 5. The summed E-state index contributed by atoms with van der Waals surface area (Å²) >= 11 is 1.24. The monoisotopic (exact) mass is 293 g/mol. The van der Waals surface area contributed by atoms with E-state index in [4.69, 9.17) is 14.3 Å². The topological polar surface area (TPSA) is 71.7 Å². The van der Waals surface area contributed by atoms with Crippen molar-refractivity contribution >= 4 is 23.4 Å². The van der Waals surface area contributed by atoms with Crippen LogP contribution in [0, 0.1) is 0 Å². The Balaban J connectivity index is 2.17. The molecule has 1 atom stereocenters. The number of carboxylic acids is 1. The van der Waals surface area contributed by atoms with E-state index in [1.165, 1.54) is 11.8 Å². The molecule has 0 aliphatic carbocycles. The van der Waals surface area contributed by atoms with E-state index in [-0.39, 0.29) is 11.1 Å². The fourth-order valence-corrected chi connectivity index (χ4v) is 2.51. The van der Waals surface area contributed by atoms with E-state index >= 15 is 0 Å². The smallest absolute Gasteiger partial charge is 0.313 e. The zero-order valence-corrected chi connectivity index (χ0v) is 11.7. The maximum absolute atomic E-state index is 10.7. The van der Waals surface area contributed by atoms with Gasteiger partial charge in [0.05, 0.1) is 24.8 Å². The summed E-state index contributed by atoms with van der Waals surface area (Å²) in [6.45, 7) is 0. The first kappa shape index (κ1) is 14.3. The molecule has 0 aliphatic heterocycles. The van der Waals surface area contributed by atoms with Gasteiger partial charge in [0.1, 0.15) is 16.9 Å². The van der Waals surface area contributed by atoms with Crippen molar-refractivity contribution in [3.8, 4) is 5.75 Å². The molecule has 1 heterocycles. The molecule has 1 aromatic heterocycles.